The third-order valence-corrected chi connectivity index (χ3v) is 2.05. The molecule has 0 aliphatic heterocycles. The van der Waals surface area contributed by atoms with Crippen LogP contribution >= 0.6 is 0 Å². The van der Waals surface area contributed by atoms with Crippen molar-refractivity contribution in [2.75, 3.05) is 0 Å². The number of hydrogen-bond donors (Lipinski definition) is 1. The van der Waals surface area contributed by atoms with E-state index in [1.165, 1.54) is 29.1 Å². The first kappa shape index (κ1) is 10.2. The standard InChI is InChI=1S/C10H8N2O4/c13-9-2-1-7(10(14)15)5-12(9)6-8-3-4-11-16-8/h1-5H,6H2,(H,14,15). The van der Waals surface area contributed by atoms with Crippen molar-refractivity contribution in [3.8, 4) is 0 Å². The minimum atomic E-state index is -1.08. The number of carboxylic acids is 1. The molecular weight excluding hydrogens is 212 g/mol. The average molecular weight is 220 g/mol. The van der Waals surface area contributed by atoms with Crippen molar-refractivity contribution in [1.82, 2.24) is 9.72 Å². The van der Waals surface area contributed by atoms with Crippen molar-refractivity contribution in [1.29, 1.82) is 0 Å². The maximum absolute atomic E-state index is 11.4. The lowest BCUT2D eigenvalue weighted by molar-refractivity contribution is 0.0695. The fourth-order valence-electron chi connectivity index (χ4n) is 1.27. The van der Waals surface area contributed by atoms with Crippen LogP contribution in [0.2, 0.25) is 0 Å². The van der Waals surface area contributed by atoms with Gasteiger partial charge < -0.3 is 14.2 Å². The molecule has 0 bridgehead atoms. The molecule has 2 aromatic rings. The smallest absolute Gasteiger partial charge is 0.337 e. The van der Waals surface area contributed by atoms with Crippen LogP contribution in [0.1, 0.15) is 16.1 Å². The minimum absolute atomic E-state index is 0.0547. The second-order valence-corrected chi connectivity index (χ2v) is 3.17. The Morgan fingerprint density at radius 2 is 2.25 bits per heavy atom. The lowest BCUT2D eigenvalue weighted by Gasteiger charge is -2.03. The van der Waals surface area contributed by atoms with Gasteiger partial charge in [0.05, 0.1) is 18.3 Å². The number of rotatable bonds is 3. The Labute approximate surface area is 89.7 Å². The molecule has 0 aliphatic carbocycles. The molecule has 0 radical (unpaired) electrons. The molecule has 0 unspecified atom stereocenters. The third kappa shape index (κ3) is 2.00. The molecule has 0 fully saturated rings. The van der Waals surface area contributed by atoms with Crippen molar-refractivity contribution in [3.05, 3.63) is 52.3 Å². The van der Waals surface area contributed by atoms with Gasteiger partial charge in [0.1, 0.15) is 0 Å². The molecule has 2 rings (SSSR count). The SMILES string of the molecule is O=C(O)c1ccc(=O)n(Cc2ccno2)c1. The molecule has 0 atom stereocenters. The van der Waals surface area contributed by atoms with Crippen LogP contribution in [0, 0.1) is 0 Å². The Bertz CT molecular complexity index is 556. The fraction of sp³-hybridized carbons (Fsp3) is 0.100. The molecule has 6 nitrogen and oxygen atoms in total. The lowest BCUT2D eigenvalue weighted by Crippen LogP contribution is -2.20. The molecule has 0 spiro atoms. The summed E-state index contributed by atoms with van der Waals surface area (Å²) < 4.78 is 6.09. The summed E-state index contributed by atoms with van der Waals surface area (Å²) in [6.07, 6.45) is 2.73. The van der Waals surface area contributed by atoms with Crippen molar-refractivity contribution in [3.63, 3.8) is 0 Å². The number of carboxylic acid groups (broad SMARTS) is 1. The van der Waals surface area contributed by atoms with E-state index < -0.39 is 5.97 Å². The Hall–Kier alpha value is -2.37. The Kier molecular flexibility index (Phi) is 2.55. The van der Waals surface area contributed by atoms with Crippen molar-refractivity contribution in [2.24, 2.45) is 0 Å². The minimum Gasteiger partial charge on any atom is -0.478 e. The van der Waals surface area contributed by atoms with E-state index in [2.05, 4.69) is 5.16 Å². The number of aromatic carboxylic acids is 1. The maximum Gasteiger partial charge on any atom is 0.337 e. The third-order valence-electron chi connectivity index (χ3n) is 2.05. The molecule has 0 aliphatic rings. The van der Waals surface area contributed by atoms with Gasteiger partial charge >= 0.3 is 5.97 Å². The molecule has 0 saturated heterocycles. The monoisotopic (exact) mass is 220 g/mol. The van der Waals surface area contributed by atoms with Gasteiger partial charge in [-0.1, -0.05) is 5.16 Å². The molecule has 0 saturated carbocycles. The summed E-state index contributed by atoms with van der Waals surface area (Å²) in [4.78, 5) is 22.1. The number of pyridine rings is 1. The van der Waals surface area contributed by atoms with Crippen LogP contribution in [0.3, 0.4) is 0 Å². The molecule has 16 heavy (non-hydrogen) atoms. The van der Waals surface area contributed by atoms with Crippen molar-refractivity contribution in [2.45, 2.75) is 6.54 Å². The fourth-order valence-corrected chi connectivity index (χ4v) is 1.27. The van der Waals surface area contributed by atoms with Gasteiger partial charge in [-0.3, -0.25) is 4.79 Å². The van der Waals surface area contributed by atoms with Crippen LogP contribution in [-0.4, -0.2) is 20.8 Å². The van der Waals surface area contributed by atoms with E-state index in [1.807, 2.05) is 0 Å². The maximum atomic E-state index is 11.4. The summed E-state index contributed by atoms with van der Waals surface area (Å²) >= 11 is 0. The number of hydrogen-bond acceptors (Lipinski definition) is 4. The van der Waals surface area contributed by atoms with Crippen LogP contribution in [0.15, 0.2) is 39.9 Å². The first-order chi connectivity index (χ1) is 7.66. The second kappa shape index (κ2) is 4.01. The van der Waals surface area contributed by atoms with Gasteiger partial charge in [0.25, 0.3) is 5.56 Å². The molecule has 1 N–H and O–H groups in total. The van der Waals surface area contributed by atoms with Crippen LogP contribution in [-0.2, 0) is 6.54 Å². The van der Waals surface area contributed by atoms with Gasteiger partial charge in [0.2, 0.25) is 0 Å². The van der Waals surface area contributed by atoms with Crippen LogP contribution in [0.4, 0.5) is 0 Å². The van der Waals surface area contributed by atoms with Gasteiger partial charge in [-0.2, -0.15) is 0 Å². The molecule has 6 heteroatoms. The van der Waals surface area contributed by atoms with E-state index in [0.29, 0.717) is 5.76 Å². The van der Waals surface area contributed by atoms with Gasteiger partial charge in [0, 0.05) is 18.3 Å². The van der Waals surface area contributed by atoms with E-state index in [-0.39, 0.29) is 17.7 Å². The summed E-state index contributed by atoms with van der Waals surface area (Å²) in [5.41, 5.74) is -0.236. The second-order valence-electron chi connectivity index (χ2n) is 3.17. The average Bonchev–Trinajstić information content (AvgIpc) is 2.73. The lowest BCUT2D eigenvalue weighted by atomic mass is 10.3. The van der Waals surface area contributed by atoms with E-state index >= 15 is 0 Å². The van der Waals surface area contributed by atoms with Crippen molar-refractivity contribution < 1.29 is 14.4 Å². The predicted octanol–water partition coefficient (Wildman–Crippen LogP) is 0.583. The highest BCUT2D eigenvalue weighted by Gasteiger charge is 2.06. The molecule has 2 aromatic heterocycles. The molecular formula is C10H8N2O4. The first-order valence-electron chi connectivity index (χ1n) is 4.50. The Morgan fingerprint density at radius 3 is 2.88 bits per heavy atom. The molecule has 0 aromatic carbocycles. The molecule has 0 amide bonds. The van der Waals surface area contributed by atoms with Crippen LogP contribution in [0.25, 0.3) is 0 Å². The van der Waals surface area contributed by atoms with Gasteiger partial charge in [-0.25, -0.2) is 4.79 Å². The van der Waals surface area contributed by atoms with E-state index in [4.69, 9.17) is 9.63 Å². The number of nitrogens with zero attached hydrogens (tertiary/aromatic N) is 2. The zero-order valence-electron chi connectivity index (χ0n) is 8.16. The molecule has 2 heterocycles. The first-order valence-corrected chi connectivity index (χ1v) is 4.50. The van der Waals surface area contributed by atoms with Gasteiger partial charge in [-0.15, -0.1) is 0 Å². The summed E-state index contributed by atoms with van der Waals surface area (Å²) in [5.74, 6) is -0.587. The van der Waals surface area contributed by atoms with Gasteiger partial charge in [-0.05, 0) is 6.07 Å². The normalized spacial score (nSPS) is 10.2. The van der Waals surface area contributed by atoms with Crippen molar-refractivity contribution >= 4 is 5.97 Å². The topological polar surface area (TPSA) is 85.3 Å². The summed E-state index contributed by atoms with van der Waals surface area (Å²) in [5, 5.41) is 12.3. The van der Waals surface area contributed by atoms with Crippen LogP contribution in [0.5, 0.6) is 0 Å². The zero-order valence-corrected chi connectivity index (χ0v) is 8.16. The largest absolute Gasteiger partial charge is 0.478 e. The highest BCUT2D eigenvalue weighted by atomic mass is 16.5. The van der Waals surface area contributed by atoms with E-state index in [9.17, 15) is 9.59 Å². The quantitative estimate of drug-likeness (QED) is 0.817. The van der Waals surface area contributed by atoms with E-state index in [0.717, 1.165) is 0 Å². The van der Waals surface area contributed by atoms with Gasteiger partial charge in [0.15, 0.2) is 5.76 Å². The van der Waals surface area contributed by atoms with Crippen LogP contribution < -0.4 is 5.56 Å². The Morgan fingerprint density at radius 1 is 1.44 bits per heavy atom. The zero-order chi connectivity index (χ0) is 11.5. The summed E-state index contributed by atoms with van der Waals surface area (Å²) in [6.45, 7) is 0.167. The summed E-state index contributed by atoms with van der Waals surface area (Å²) in [7, 11) is 0. The highest BCUT2D eigenvalue weighted by molar-refractivity contribution is 5.87. The predicted molar refractivity (Wildman–Crippen MR) is 53.3 cm³/mol. The highest BCUT2D eigenvalue weighted by Crippen LogP contribution is 2.01. The number of aromatic nitrogens is 2. The summed E-state index contributed by atoms with van der Waals surface area (Å²) in [6, 6.07) is 4.08. The van der Waals surface area contributed by atoms with E-state index in [1.54, 1.807) is 6.07 Å². The molecule has 82 valence electrons. The number of carbonyl (C=O) groups is 1. The Balaban J connectivity index is 2.36.